The van der Waals surface area contributed by atoms with Gasteiger partial charge in [-0.05, 0) is 43.5 Å². The molecule has 1 unspecified atom stereocenters. The van der Waals surface area contributed by atoms with E-state index in [0.717, 1.165) is 21.3 Å². The predicted molar refractivity (Wildman–Crippen MR) is 82.1 cm³/mol. The number of carboxylic acids is 1. The number of benzene rings is 1. The topological polar surface area (TPSA) is 78.4 Å². The normalized spacial score (nSPS) is 11.8. The van der Waals surface area contributed by atoms with Gasteiger partial charge in [-0.2, -0.15) is 0 Å². The first-order valence-corrected chi connectivity index (χ1v) is 7.15. The Labute approximate surface area is 126 Å². The molecule has 20 heavy (non-hydrogen) atoms. The van der Waals surface area contributed by atoms with Crippen LogP contribution in [0.4, 0.5) is 10.5 Å². The second kappa shape index (κ2) is 7.28. The zero-order valence-electron chi connectivity index (χ0n) is 11.8. The summed E-state index contributed by atoms with van der Waals surface area (Å²) in [6, 6.07) is 3.53. The third kappa shape index (κ3) is 4.85. The highest BCUT2D eigenvalue weighted by Gasteiger charge is 2.12. The van der Waals surface area contributed by atoms with Crippen molar-refractivity contribution in [1.82, 2.24) is 5.32 Å². The van der Waals surface area contributed by atoms with Crippen LogP contribution in [-0.4, -0.2) is 23.7 Å². The lowest BCUT2D eigenvalue weighted by Gasteiger charge is -2.13. The van der Waals surface area contributed by atoms with Crippen molar-refractivity contribution in [2.45, 2.75) is 27.2 Å². The van der Waals surface area contributed by atoms with Gasteiger partial charge in [0, 0.05) is 16.7 Å². The molecule has 0 radical (unpaired) electrons. The van der Waals surface area contributed by atoms with Gasteiger partial charge >= 0.3 is 12.0 Å². The van der Waals surface area contributed by atoms with Crippen LogP contribution in [0, 0.1) is 19.8 Å². The number of hydrogen-bond acceptors (Lipinski definition) is 2. The van der Waals surface area contributed by atoms with Gasteiger partial charge in [0.2, 0.25) is 0 Å². The molecule has 6 heteroatoms. The second-order valence-corrected chi connectivity index (χ2v) is 5.74. The number of carboxylic acid groups (broad SMARTS) is 1. The van der Waals surface area contributed by atoms with E-state index in [-0.39, 0.29) is 6.03 Å². The Hall–Kier alpha value is -1.56. The predicted octanol–water partition coefficient (Wildman–Crippen LogP) is 3.30. The maximum Gasteiger partial charge on any atom is 0.319 e. The van der Waals surface area contributed by atoms with Gasteiger partial charge in [-0.3, -0.25) is 4.79 Å². The Morgan fingerprint density at radius 3 is 2.35 bits per heavy atom. The minimum Gasteiger partial charge on any atom is -0.481 e. The van der Waals surface area contributed by atoms with Crippen LogP contribution in [0.2, 0.25) is 0 Å². The van der Waals surface area contributed by atoms with Crippen LogP contribution >= 0.6 is 15.9 Å². The third-order valence-electron chi connectivity index (χ3n) is 3.02. The first kappa shape index (κ1) is 16.5. The number of hydrogen-bond donors (Lipinski definition) is 3. The third-order valence-corrected chi connectivity index (χ3v) is 3.48. The maximum absolute atomic E-state index is 11.8. The molecule has 0 spiro atoms. The summed E-state index contributed by atoms with van der Waals surface area (Å²) in [4.78, 5) is 22.4. The van der Waals surface area contributed by atoms with Gasteiger partial charge in [-0.25, -0.2) is 4.79 Å². The van der Waals surface area contributed by atoms with E-state index in [4.69, 9.17) is 5.11 Å². The van der Waals surface area contributed by atoms with Gasteiger partial charge in [0.25, 0.3) is 0 Å². The summed E-state index contributed by atoms with van der Waals surface area (Å²) in [5.41, 5.74) is 2.70. The molecular weight excluding hydrogens is 324 g/mol. The van der Waals surface area contributed by atoms with Gasteiger partial charge in [0.05, 0.1) is 5.92 Å². The molecule has 0 aliphatic rings. The van der Waals surface area contributed by atoms with E-state index in [0.29, 0.717) is 13.0 Å². The molecule has 0 fully saturated rings. The average Bonchev–Trinajstić information content (AvgIpc) is 2.33. The van der Waals surface area contributed by atoms with Crippen molar-refractivity contribution in [1.29, 1.82) is 0 Å². The highest BCUT2D eigenvalue weighted by Crippen LogP contribution is 2.24. The molecule has 0 aromatic heterocycles. The number of halogens is 1. The summed E-state index contributed by atoms with van der Waals surface area (Å²) in [7, 11) is 0. The minimum absolute atomic E-state index is 0.323. The smallest absolute Gasteiger partial charge is 0.319 e. The SMILES string of the molecule is Cc1cc(Br)cc(C)c1NC(=O)NCCC(C)C(=O)O. The number of carbonyl (C=O) groups is 2. The average molecular weight is 343 g/mol. The lowest BCUT2D eigenvalue weighted by molar-refractivity contribution is -0.141. The van der Waals surface area contributed by atoms with Crippen LogP contribution in [0.3, 0.4) is 0 Å². The fraction of sp³-hybridized carbons (Fsp3) is 0.429. The molecule has 5 nitrogen and oxygen atoms in total. The number of amides is 2. The molecule has 0 aliphatic heterocycles. The van der Waals surface area contributed by atoms with E-state index >= 15 is 0 Å². The van der Waals surface area contributed by atoms with E-state index < -0.39 is 11.9 Å². The summed E-state index contributed by atoms with van der Waals surface area (Å²) in [6.07, 6.45) is 0.404. The molecule has 2 amide bonds. The first-order chi connectivity index (χ1) is 9.31. The van der Waals surface area contributed by atoms with Crippen LogP contribution in [0.15, 0.2) is 16.6 Å². The van der Waals surface area contributed by atoms with E-state index in [1.807, 2.05) is 26.0 Å². The lowest BCUT2D eigenvalue weighted by Crippen LogP contribution is -2.31. The maximum atomic E-state index is 11.8. The van der Waals surface area contributed by atoms with Crippen molar-refractivity contribution < 1.29 is 14.7 Å². The van der Waals surface area contributed by atoms with Gasteiger partial charge in [-0.15, -0.1) is 0 Å². The van der Waals surface area contributed by atoms with E-state index in [9.17, 15) is 9.59 Å². The van der Waals surface area contributed by atoms with Gasteiger partial charge < -0.3 is 15.7 Å². The molecule has 0 saturated carbocycles. The van der Waals surface area contributed by atoms with Gasteiger partial charge in [-0.1, -0.05) is 22.9 Å². The van der Waals surface area contributed by atoms with E-state index in [1.54, 1.807) is 6.92 Å². The first-order valence-electron chi connectivity index (χ1n) is 6.35. The molecule has 1 rings (SSSR count). The summed E-state index contributed by atoms with van der Waals surface area (Å²) in [5.74, 6) is -1.32. The molecule has 1 atom stereocenters. The van der Waals surface area contributed by atoms with Crippen molar-refractivity contribution in [3.8, 4) is 0 Å². The zero-order chi connectivity index (χ0) is 15.3. The molecule has 1 aromatic rings. The number of nitrogens with one attached hydrogen (secondary N) is 2. The van der Waals surface area contributed by atoms with Gasteiger partial charge in [0.15, 0.2) is 0 Å². The summed E-state index contributed by atoms with van der Waals surface area (Å²) >= 11 is 3.40. The standard InChI is InChI=1S/C14H19BrN2O3/c1-8(13(18)19)4-5-16-14(20)17-12-9(2)6-11(15)7-10(12)3/h6-8H,4-5H2,1-3H3,(H,18,19)(H2,16,17,20). The van der Waals surface area contributed by atoms with Crippen LogP contribution in [0.5, 0.6) is 0 Å². The Morgan fingerprint density at radius 2 is 1.85 bits per heavy atom. The number of anilines is 1. The Bertz CT molecular complexity index is 494. The Kier molecular flexibility index (Phi) is 6.01. The largest absolute Gasteiger partial charge is 0.481 e. The summed E-state index contributed by atoms with van der Waals surface area (Å²) in [5, 5.41) is 14.2. The van der Waals surface area contributed by atoms with Crippen molar-refractivity contribution in [3.63, 3.8) is 0 Å². The van der Waals surface area contributed by atoms with E-state index in [1.165, 1.54) is 0 Å². The number of aryl methyl sites for hydroxylation is 2. The van der Waals surface area contributed by atoms with Crippen LogP contribution in [0.25, 0.3) is 0 Å². The summed E-state index contributed by atoms with van der Waals surface area (Å²) < 4.78 is 0.966. The second-order valence-electron chi connectivity index (χ2n) is 4.82. The highest BCUT2D eigenvalue weighted by atomic mass is 79.9. The molecule has 0 bridgehead atoms. The Morgan fingerprint density at radius 1 is 1.30 bits per heavy atom. The fourth-order valence-electron chi connectivity index (χ4n) is 1.79. The molecule has 0 saturated heterocycles. The van der Waals surface area contributed by atoms with Crippen molar-refractivity contribution in [2.75, 3.05) is 11.9 Å². The zero-order valence-corrected chi connectivity index (χ0v) is 13.4. The van der Waals surface area contributed by atoms with Crippen molar-refractivity contribution in [3.05, 3.63) is 27.7 Å². The molecule has 0 heterocycles. The minimum atomic E-state index is -0.855. The molecule has 3 N–H and O–H groups in total. The lowest BCUT2D eigenvalue weighted by atomic mass is 10.1. The van der Waals surface area contributed by atoms with Crippen LogP contribution in [-0.2, 0) is 4.79 Å². The molecular formula is C14H19BrN2O3. The quantitative estimate of drug-likeness (QED) is 0.768. The number of rotatable bonds is 5. The summed E-state index contributed by atoms with van der Waals surface area (Å²) in [6.45, 7) is 5.78. The van der Waals surface area contributed by atoms with Crippen LogP contribution in [0.1, 0.15) is 24.5 Å². The monoisotopic (exact) mass is 342 g/mol. The van der Waals surface area contributed by atoms with Crippen molar-refractivity contribution in [2.24, 2.45) is 5.92 Å². The highest BCUT2D eigenvalue weighted by molar-refractivity contribution is 9.10. The van der Waals surface area contributed by atoms with Crippen molar-refractivity contribution >= 4 is 33.6 Å². The van der Waals surface area contributed by atoms with Gasteiger partial charge in [0.1, 0.15) is 0 Å². The molecule has 1 aromatic carbocycles. The number of aliphatic carboxylic acids is 1. The fourth-order valence-corrected chi connectivity index (χ4v) is 2.48. The molecule has 110 valence electrons. The van der Waals surface area contributed by atoms with Crippen LogP contribution < -0.4 is 10.6 Å². The number of carbonyl (C=O) groups excluding carboxylic acids is 1. The Balaban J connectivity index is 2.53. The van der Waals surface area contributed by atoms with E-state index in [2.05, 4.69) is 26.6 Å². The molecule has 0 aliphatic carbocycles. The number of urea groups is 1.